The molecule has 0 saturated carbocycles. The lowest BCUT2D eigenvalue weighted by Gasteiger charge is -2.14. The molecule has 1 heterocycles. The van der Waals surface area contributed by atoms with Crippen LogP contribution in [0, 0.1) is 3.57 Å². The third-order valence-electron chi connectivity index (χ3n) is 3.29. The molecule has 1 aromatic heterocycles. The zero-order valence-corrected chi connectivity index (χ0v) is 14.2. The van der Waals surface area contributed by atoms with Crippen molar-refractivity contribution in [3.05, 3.63) is 37.6 Å². The minimum absolute atomic E-state index is 0.0323. The summed E-state index contributed by atoms with van der Waals surface area (Å²) in [6, 6.07) is 5.63. The lowest BCUT2D eigenvalue weighted by molar-refractivity contribution is 0.166. The van der Waals surface area contributed by atoms with Crippen molar-refractivity contribution >= 4 is 33.6 Å². The highest BCUT2D eigenvalue weighted by Gasteiger charge is 2.17. The van der Waals surface area contributed by atoms with Crippen molar-refractivity contribution in [3.63, 3.8) is 0 Å². The van der Waals surface area contributed by atoms with E-state index in [9.17, 15) is 4.79 Å². The quantitative estimate of drug-likeness (QED) is 0.709. The molecule has 1 aromatic carbocycles. The number of hydrogen-bond acceptors (Lipinski definition) is 3. The van der Waals surface area contributed by atoms with Gasteiger partial charge < -0.3 is 9.15 Å². The van der Waals surface area contributed by atoms with Crippen molar-refractivity contribution in [3.8, 4) is 5.95 Å². The van der Waals surface area contributed by atoms with Crippen LogP contribution in [0.1, 0.15) is 39.2 Å². The van der Waals surface area contributed by atoms with Crippen molar-refractivity contribution in [1.29, 1.82) is 0 Å². The number of halogens is 1. The van der Waals surface area contributed by atoms with Gasteiger partial charge >= 0.3 is 0 Å². The van der Waals surface area contributed by atoms with Crippen molar-refractivity contribution in [2.75, 3.05) is 0 Å². The first-order chi connectivity index (χ1) is 9.56. The third-order valence-corrected chi connectivity index (χ3v) is 3.96. The maximum Gasteiger partial charge on any atom is 0.292 e. The third kappa shape index (κ3) is 3.16. The number of benzene rings is 1. The van der Waals surface area contributed by atoms with Crippen LogP contribution < -0.4 is 10.2 Å². The molecular formula is C16H19IO3. The van der Waals surface area contributed by atoms with Gasteiger partial charge in [0.15, 0.2) is 5.43 Å². The molecular weight excluding hydrogens is 367 g/mol. The van der Waals surface area contributed by atoms with Crippen LogP contribution >= 0.6 is 22.6 Å². The molecule has 0 bridgehead atoms. The van der Waals surface area contributed by atoms with Gasteiger partial charge in [0, 0.05) is 3.57 Å². The minimum Gasteiger partial charge on any atom is -0.462 e. The first-order valence-electron chi connectivity index (χ1n) is 6.98. The van der Waals surface area contributed by atoms with E-state index >= 15 is 0 Å². The van der Waals surface area contributed by atoms with E-state index in [-0.39, 0.29) is 11.5 Å². The van der Waals surface area contributed by atoms with Crippen molar-refractivity contribution in [2.45, 2.75) is 46.1 Å². The van der Waals surface area contributed by atoms with E-state index in [0.29, 0.717) is 28.9 Å². The van der Waals surface area contributed by atoms with Gasteiger partial charge in [0.1, 0.15) is 5.58 Å². The minimum atomic E-state index is 0.0323. The van der Waals surface area contributed by atoms with E-state index in [1.807, 2.05) is 39.0 Å². The van der Waals surface area contributed by atoms with Crippen molar-refractivity contribution in [2.24, 2.45) is 0 Å². The van der Waals surface area contributed by atoms with Gasteiger partial charge in [-0.05, 0) is 60.6 Å². The Morgan fingerprint density at radius 1 is 1.35 bits per heavy atom. The standard InChI is InChI=1S/C16H19IO3/c1-4-6-12-15(18)13-9-11(17)7-8-14(13)20-16(12)19-10(3)5-2/h7-10H,4-6H2,1-3H3. The van der Waals surface area contributed by atoms with Gasteiger partial charge in [0.05, 0.1) is 17.1 Å². The summed E-state index contributed by atoms with van der Waals surface area (Å²) in [6.07, 6.45) is 2.47. The zero-order valence-electron chi connectivity index (χ0n) is 12.0. The predicted molar refractivity (Wildman–Crippen MR) is 89.6 cm³/mol. The van der Waals surface area contributed by atoms with Gasteiger partial charge in [-0.1, -0.05) is 20.3 Å². The molecule has 2 aromatic rings. The summed E-state index contributed by atoms with van der Waals surface area (Å²) >= 11 is 2.20. The van der Waals surface area contributed by atoms with Crippen LogP contribution in [0.3, 0.4) is 0 Å². The second-order valence-electron chi connectivity index (χ2n) is 4.92. The van der Waals surface area contributed by atoms with E-state index in [1.165, 1.54) is 0 Å². The van der Waals surface area contributed by atoms with Crippen LogP contribution in [0.5, 0.6) is 5.95 Å². The summed E-state index contributed by atoms with van der Waals surface area (Å²) < 4.78 is 12.7. The topological polar surface area (TPSA) is 39.4 Å². The van der Waals surface area contributed by atoms with Crippen LogP contribution in [-0.2, 0) is 6.42 Å². The molecule has 4 heteroatoms. The van der Waals surface area contributed by atoms with Crippen LogP contribution in [-0.4, -0.2) is 6.10 Å². The SMILES string of the molecule is CCCc1c(OC(C)CC)oc2ccc(I)cc2c1=O. The molecule has 0 aliphatic carbocycles. The highest BCUT2D eigenvalue weighted by atomic mass is 127. The molecule has 0 fully saturated rings. The molecule has 2 rings (SSSR count). The maximum absolute atomic E-state index is 12.6. The summed E-state index contributed by atoms with van der Waals surface area (Å²) in [4.78, 5) is 12.6. The summed E-state index contributed by atoms with van der Waals surface area (Å²) in [6.45, 7) is 6.07. The van der Waals surface area contributed by atoms with Gasteiger partial charge in [-0.3, -0.25) is 4.79 Å². The molecule has 3 nitrogen and oxygen atoms in total. The van der Waals surface area contributed by atoms with E-state index in [4.69, 9.17) is 9.15 Å². The molecule has 0 aliphatic heterocycles. The lowest BCUT2D eigenvalue weighted by Crippen LogP contribution is -2.16. The highest BCUT2D eigenvalue weighted by Crippen LogP contribution is 2.25. The fraction of sp³-hybridized carbons (Fsp3) is 0.438. The van der Waals surface area contributed by atoms with E-state index in [1.54, 1.807) is 0 Å². The van der Waals surface area contributed by atoms with Crippen LogP contribution in [0.15, 0.2) is 27.4 Å². The second kappa shape index (κ2) is 6.61. The Hall–Kier alpha value is -1.04. The average Bonchev–Trinajstić information content (AvgIpc) is 2.44. The van der Waals surface area contributed by atoms with E-state index < -0.39 is 0 Å². The summed E-state index contributed by atoms with van der Waals surface area (Å²) in [5, 5.41) is 0.636. The number of rotatable bonds is 5. The fourth-order valence-electron chi connectivity index (χ4n) is 2.01. The smallest absolute Gasteiger partial charge is 0.292 e. The van der Waals surface area contributed by atoms with E-state index in [2.05, 4.69) is 22.6 Å². The molecule has 0 radical (unpaired) electrons. The Morgan fingerprint density at radius 2 is 2.10 bits per heavy atom. The molecule has 20 heavy (non-hydrogen) atoms. The first kappa shape index (κ1) is 15.4. The Labute approximate surface area is 132 Å². The summed E-state index contributed by atoms with van der Waals surface area (Å²) in [7, 11) is 0. The highest BCUT2D eigenvalue weighted by molar-refractivity contribution is 14.1. The average molecular weight is 386 g/mol. The molecule has 0 spiro atoms. The molecule has 0 amide bonds. The molecule has 108 valence electrons. The van der Waals surface area contributed by atoms with Crippen LogP contribution in [0.25, 0.3) is 11.0 Å². The Kier molecular flexibility index (Phi) is 5.07. The Balaban J connectivity index is 2.63. The second-order valence-corrected chi connectivity index (χ2v) is 6.17. The number of hydrogen-bond donors (Lipinski definition) is 0. The molecule has 0 saturated heterocycles. The number of ether oxygens (including phenoxy) is 1. The van der Waals surface area contributed by atoms with Crippen LogP contribution in [0.2, 0.25) is 0 Å². The number of fused-ring (bicyclic) bond motifs is 1. The monoisotopic (exact) mass is 386 g/mol. The molecule has 1 unspecified atom stereocenters. The summed E-state index contributed by atoms with van der Waals surface area (Å²) in [5.74, 6) is 0.389. The largest absolute Gasteiger partial charge is 0.462 e. The zero-order chi connectivity index (χ0) is 14.7. The first-order valence-corrected chi connectivity index (χ1v) is 8.06. The van der Waals surface area contributed by atoms with Gasteiger partial charge in [0.25, 0.3) is 5.95 Å². The van der Waals surface area contributed by atoms with Gasteiger partial charge in [-0.2, -0.15) is 0 Å². The normalized spacial score (nSPS) is 12.6. The van der Waals surface area contributed by atoms with Gasteiger partial charge in [-0.15, -0.1) is 0 Å². The molecule has 0 aliphatic rings. The van der Waals surface area contributed by atoms with E-state index in [0.717, 1.165) is 16.4 Å². The predicted octanol–water partition coefficient (Wildman–Crippen LogP) is 4.53. The van der Waals surface area contributed by atoms with Gasteiger partial charge in [0.2, 0.25) is 0 Å². The summed E-state index contributed by atoms with van der Waals surface area (Å²) in [5.41, 5.74) is 1.28. The Bertz CT molecular complexity index is 661. The van der Waals surface area contributed by atoms with Crippen molar-refractivity contribution in [1.82, 2.24) is 0 Å². The molecule has 0 N–H and O–H groups in total. The maximum atomic E-state index is 12.6. The van der Waals surface area contributed by atoms with Crippen LogP contribution in [0.4, 0.5) is 0 Å². The fourth-order valence-corrected chi connectivity index (χ4v) is 2.50. The van der Waals surface area contributed by atoms with Gasteiger partial charge in [-0.25, -0.2) is 0 Å². The molecule has 1 atom stereocenters. The lowest BCUT2D eigenvalue weighted by atomic mass is 10.1. The van der Waals surface area contributed by atoms with Crippen molar-refractivity contribution < 1.29 is 9.15 Å². The Morgan fingerprint density at radius 3 is 2.75 bits per heavy atom.